The Labute approximate surface area is 158 Å². The monoisotopic (exact) mass is 365 g/mol. The number of hydrogen-bond acceptors (Lipinski definition) is 4. The van der Waals surface area contributed by atoms with Crippen LogP contribution in [0.1, 0.15) is 27.0 Å². The highest BCUT2D eigenvalue weighted by atomic mass is 16.5. The predicted octanol–water partition coefficient (Wildman–Crippen LogP) is 3.82. The SMILES string of the molecule is COc1cccc(Cn2nccc2NC(=O)c2cc(C)cc(C)c2)c1OC. The van der Waals surface area contributed by atoms with Gasteiger partial charge in [-0.25, -0.2) is 4.68 Å². The Kier molecular flexibility index (Phi) is 5.45. The van der Waals surface area contributed by atoms with Crippen molar-refractivity contribution in [2.75, 3.05) is 19.5 Å². The summed E-state index contributed by atoms with van der Waals surface area (Å²) in [6.45, 7) is 4.39. The third kappa shape index (κ3) is 4.11. The lowest BCUT2D eigenvalue weighted by molar-refractivity contribution is 0.102. The molecule has 0 spiro atoms. The number of aryl methyl sites for hydroxylation is 2. The molecule has 3 rings (SSSR count). The van der Waals surface area contributed by atoms with E-state index >= 15 is 0 Å². The normalized spacial score (nSPS) is 10.5. The topological polar surface area (TPSA) is 65.4 Å². The standard InChI is InChI=1S/C21H23N3O3/c1-14-10-15(2)12-17(11-14)21(25)23-19-8-9-22-24(19)13-16-6-5-7-18(26-3)20(16)27-4/h5-12H,13H2,1-4H3,(H,23,25). The Balaban J connectivity index is 1.84. The number of carbonyl (C=O) groups is 1. The molecule has 27 heavy (non-hydrogen) atoms. The van der Waals surface area contributed by atoms with E-state index in [2.05, 4.69) is 10.4 Å². The van der Waals surface area contributed by atoms with Crippen molar-refractivity contribution in [2.24, 2.45) is 0 Å². The summed E-state index contributed by atoms with van der Waals surface area (Å²) in [4.78, 5) is 12.6. The van der Waals surface area contributed by atoms with Crippen molar-refractivity contribution in [2.45, 2.75) is 20.4 Å². The van der Waals surface area contributed by atoms with Gasteiger partial charge in [-0.05, 0) is 32.0 Å². The molecule has 1 N–H and O–H groups in total. The molecule has 0 fully saturated rings. The number of benzene rings is 2. The van der Waals surface area contributed by atoms with Crippen LogP contribution < -0.4 is 14.8 Å². The first-order chi connectivity index (χ1) is 13.0. The summed E-state index contributed by atoms with van der Waals surface area (Å²) in [5.41, 5.74) is 3.63. The molecule has 2 aromatic carbocycles. The molecule has 6 heteroatoms. The van der Waals surface area contributed by atoms with Crippen LogP contribution in [0.25, 0.3) is 0 Å². The van der Waals surface area contributed by atoms with Crippen molar-refractivity contribution < 1.29 is 14.3 Å². The molecule has 140 valence electrons. The minimum absolute atomic E-state index is 0.166. The molecular weight excluding hydrogens is 342 g/mol. The molecule has 0 unspecified atom stereocenters. The third-order valence-corrected chi connectivity index (χ3v) is 4.25. The van der Waals surface area contributed by atoms with Gasteiger partial charge in [-0.15, -0.1) is 0 Å². The van der Waals surface area contributed by atoms with Gasteiger partial charge in [0.2, 0.25) is 0 Å². The lowest BCUT2D eigenvalue weighted by Crippen LogP contribution is -2.16. The molecule has 1 aromatic heterocycles. The van der Waals surface area contributed by atoms with Crippen LogP contribution in [0, 0.1) is 13.8 Å². The minimum atomic E-state index is -0.166. The number of carbonyl (C=O) groups excluding carboxylic acids is 1. The summed E-state index contributed by atoms with van der Waals surface area (Å²) in [6.07, 6.45) is 1.66. The van der Waals surface area contributed by atoms with Crippen molar-refractivity contribution in [3.63, 3.8) is 0 Å². The first-order valence-corrected chi connectivity index (χ1v) is 8.63. The zero-order valence-corrected chi connectivity index (χ0v) is 15.9. The number of rotatable bonds is 6. The highest BCUT2D eigenvalue weighted by Crippen LogP contribution is 2.31. The number of nitrogens with one attached hydrogen (secondary N) is 1. The van der Waals surface area contributed by atoms with Crippen molar-refractivity contribution >= 4 is 11.7 Å². The molecule has 0 saturated carbocycles. The summed E-state index contributed by atoms with van der Waals surface area (Å²) >= 11 is 0. The molecule has 0 aliphatic rings. The molecule has 6 nitrogen and oxygen atoms in total. The van der Waals surface area contributed by atoms with E-state index < -0.39 is 0 Å². The number of para-hydroxylation sites is 1. The van der Waals surface area contributed by atoms with Crippen LogP contribution in [0.4, 0.5) is 5.82 Å². The van der Waals surface area contributed by atoms with E-state index in [9.17, 15) is 4.79 Å². The van der Waals surface area contributed by atoms with E-state index in [0.717, 1.165) is 16.7 Å². The first-order valence-electron chi connectivity index (χ1n) is 8.63. The van der Waals surface area contributed by atoms with Crippen molar-refractivity contribution in [1.29, 1.82) is 0 Å². The van der Waals surface area contributed by atoms with Gasteiger partial charge >= 0.3 is 0 Å². The summed E-state index contributed by atoms with van der Waals surface area (Å²) in [6, 6.07) is 13.2. The fraction of sp³-hybridized carbons (Fsp3) is 0.238. The van der Waals surface area contributed by atoms with Crippen LogP contribution >= 0.6 is 0 Å². The van der Waals surface area contributed by atoms with Crippen molar-refractivity contribution in [3.05, 3.63) is 70.9 Å². The number of anilines is 1. The van der Waals surface area contributed by atoms with Gasteiger partial charge in [-0.3, -0.25) is 4.79 Å². The molecule has 0 atom stereocenters. The number of ether oxygens (including phenoxy) is 2. The molecule has 1 heterocycles. The lowest BCUT2D eigenvalue weighted by Gasteiger charge is -2.14. The average Bonchev–Trinajstić information content (AvgIpc) is 3.07. The van der Waals surface area contributed by atoms with E-state index in [-0.39, 0.29) is 5.91 Å². The molecule has 3 aromatic rings. The van der Waals surface area contributed by atoms with Crippen LogP contribution in [0.5, 0.6) is 11.5 Å². The smallest absolute Gasteiger partial charge is 0.256 e. The summed E-state index contributed by atoms with van der Waals surface area (Å²) in [5.74, 6) is 1.76. The maximum absolute atomic E-state index is 12.6. The number of amides is 1. The van der Waals surface area contributed by atoms with Gasteiger partial charge in [0.05, 0.1) is 27.0 Å². The highest BCUT2D eigenvalue weighted by Gasteiger charge is 2.14. The summed E-state index contributed by atoms with van der Waals surface area (Å²) in [5, 5.41) is 7.27. The van der Waals surface area contributed by atoms with Crippen molar-refractivity contribution in [3.8, 4) is 11.5 Å². The Morgan fingerprint density at radius 1 is 1.07 bits per heavy atom. The van der Waals surface area contributed by atoms with Crippen LogP contribution in [0.3, 0.4) is 0 Å². The quantitative estimate of drug-likeness (QED) is 0.721. The van der Waals surface area contributed by atoms with Crippen LogP contribution in [-0.2, 0) is 6.54 Å². The zero-order valence-electron chi connectivity index (χ0n) is 15.9. The van der Waals surface area contributed by atoms with Gasteiger partial charge in [-0.2, -0.15) is 5.10 Å². The van der Waals surface area contributed by atoms with Gasteiger partial charge in [0.1, 0.15) is 5.82 Å². The highest BCUT2D eigenvalue weighted by molar-refractivity contribution is 6.04. The molecule has 0 radical (unpaired) electrons. The van der Waals surface area contributed by atoms with Crippen LogP contribution in [-0.4, -0.2) is 29.9 Å². The van der Waals surface area contributed by atoms with Crippen LogP contribution in [0.2, 0.25) is 0 Å². The van der Waals surface area contributed by atoms with Gasteiger partial charge in [-0.1, -0.05) is 29.3 Å². The van der Waals surface area contributed by atoms with Gasteiger partial charge in [0.15, 0.2) is 11.5 Å². The number of methoxy groups -OCH3 is 2. The van der Waals surface area contributed by atoms with Crippen molar-refractivity contribution in [1.82, 2.24) is 9.78 Å². The maximum atomic E-state index is 12.6. The fourth-order valence-corrected chi connectivity index (χ4v) is 3.10. The van der Waals surface area contributed by atoms with Gasteiger partial charge < -0.3 is 14.8 Å². The molecule has 0 saturated heterocycles. The molecule has 0 bridgehead atoms. The zero-order chi connectivity index (χ0) is 19.4. The Morgan fingerprint density at radius 3 is 2.48 bits per heavy atom. The summed E-state index contributed by atoms with van der Waals surface area (Å²) < 4.78 is 12.5. The minimum Gasteiger partial charge on any atom is -0.493 e. The second-order valence-corrected chi connectivity index (χ2v) is 6.36. The average molecular weight is 365 g/mol. The number of nitrogens with zero attached hydrogens (tertiary/aromatic N) is 2. The molecule has 0 aliphatic heterocycles. The Hall–Kier alpha value is -3.28. The van der Waals surface area contributed by atoms with Gasteiger partial charge in [0, 0.05) is 17.2 Å². The Bertz CT molecular complexity index is 943. The second kappa shape index (κ2) is 7.95. The summed E-state index contributed by atoms with van der Waals surface area (Å²) in [7, 11) is 3.21. The maximum Gasteiger partial charge on any atom is 0.256 e. The van der Waals surface area contributed by atoms with E-state index in [1.54, 1.807) is 31.2 Å². The van der Waals surface area contributed by atoms with E-state index in [4.69, 9.17) is 9.47 Å². The fourth-order valence-electron chi connectivity index (χ4n) is 3.10. The van der Waals surface area contributed by atoms with E-state index in [1.165, 1.54) is 0 Å². The van der Waals surface area contributed by atoms with E-state index in [0.29, 0.717) is 29.4 Å². The second-order valence-electron chi connectivity index (χ2n) is 6.36. The largest absolute Gasteiger partial charge is 0.493 e. The van der Waals surface area contributed by atoms with Crippen LogP contribution in [0.15, 0.2) is 48.7 Å². The molecular formula is C21H23N3O3. The Morgan fingerprint density at radius 2 is 1.81 bits per heavy atom. The third-order valence-electron chi connectivity index (χ3n) is 4.25. The molecule has 1 amide bonds. The number of hydrogen-bond donors (Lipinski definition) is 1. The van der Waals surface area contributed by atoms with E-state index in [1.807, 2.05) is 50.2 Å². The number of aromatic nitrogens is 2. The molecule has 0 aliphatic carbocycles. The predicted molar refractivity (Wildman–Crippen MR) is 105 cm³/mol. The van der Waals surface area contributed by atoms with Gasteiger partial charge in [0.25, 0.3) is 5.91 Å². The first kappa shape index (κ1) is 18.5. The lowest BCUT2D eigenvalue weighted by atomic mass is 10.1.